The molecular weight excluding hydrogens is 476 g/mol. The Labute approximate surface area is 199 Å². The summed E-state index contributed by atoms with van der Waals surface area (Å²) in [6.07, 6.45) is 7.43. The molecule has 0 spiro atoms. The van der Waals surface area contributed by atoms with Gasteiger partial charge in [0.25, 0.3) is 0 Å². The minimum absolute atomic E-state index is 0.0170. The van der Waals surface area contributed by atoms with Gasteiger partial charge in [-0.3, -0.25) is 4.79 Å². The van der Waals surface area contributed by atoms with Crippen molar-refractivity contribution in [3.63, 3.8) is 0 Å². The van der Waals surface area contributed by atoms with E-state index in [2.05, 4.69) is 39.8 Å². The molecule has 0 heterocycles. The third-order valence-corrected chi connectivity index (χ3v) is 9.18. The van der Waals surface area contributed by atoms with E-state index in [0.717, 1.165) is 47.3 Å². The summed E-state index contributed by atoms with van der Waals surface area (Å²) in [7, 11) is 3.56. The van der Waals surface area contributed by atoms with Crippen LogP contribution < -0.4 is 10.0 Å². The van der Waals surface area contributed by atoms with Crippen molar-refractivity contribution in [2.75, 3.05) is 14.2 Å². The number of rotatable bonds is 6. The largest absolute Gasteiger partial charge is 0.469 e. The molecule has 0 saturated heterocycles. The number of nitrogens with one attached hydrogen (secondary N) is 2. The van der Waals surface area contributed by atoms with E-state index in [1.165, 1.54) is 31.9 Å². The van der Waals surface area contributed by atoms with E-state index >= 15 is 0 Å². The molecule has 0 amide bonds. The molecule has 4 rings (SSSR count). The molecule has 5 unspecified atom stereocenters. The highest BCUT2D eigenvalue weighted by atomic mass is 79.9. The Morgan fingerprint density at radius 2 is 1.97 bits per heavy atom. The molecule has 3 saturated carbocycles. The van der Waals surface area contributed by atoms with E-state index in [0.29, 0.717) is 17.9 Å². The van der Waals surface area contributed by atoms with E-state index in [4.69, 9.17) is 4.74 Å². The molecule has 0 radical (unpaired) electrons. The van der Waals surface area contributed by atoms with Gasteiger partial charge in [-0.05, 0) is 110 Å². The van der Waals surface area contributed by atoms with Crippen molar-refractivity contribution in [3.05, 3.63) is 28.7 Å². The van der Waals surface area contributed by atoms with Crippen molar-refractivity contribution in [1.82, 2.24) is 10.0 Å². The number of hydrogen-bond donors (Lipinski definition) is 2. The van der Waals surface area contributed by atoms with Gasteiger partial charge in [0.2, 0.25) is 0 Å². The van der Waals surface area contributed by atoms with Crippen molar-refractivity contribution < 1.29 is 14.3 Å². The average molecular weight is 512 g/mol. The van der Waals surface area contributed by atoms with Gasteiger partial charge in [-0.25, -0.2) is 4.72 Å². The fourth-order valence-electron chi connectivity index (χ4n) is 5.48. The highest BCUT2D eigenvalue weighted by Crippen LogP contribution is 2.50. The molecule has 1 aromatic carbocycles. The molecule has 2 N–H and O–H groups in total. The van der Waals surface area contributed by atoms with E-state index in [-0.39, 0.29) is 16.9 Å². The van der Waals surface area contributed by atoms with Gasteiger partial charge in [0.05, 0.1) is 18.1 Å². The number of hydrogen-bond acceptors (Lipinski definition) is 6. The number of methoxy groups -OCH3 is 1. The monoisotopic (exact) mass is 510 g/mol. The van der Waals surface area contributed by atoms with Crippen LogP contribution >= 0.6 is 27.9 Å². The lowest BCUT2D eigenvalue weighted by Gasteiger charge is -2.49. The molecule has 0 aliphatic heterocycles. The standard InChI is InChI=1S/C14H25NO2.C10H10BrNOS/c1-9-5-10-6-11(12(9)15-3)8-14(2,7-10)13(16)17-4;11-8-3-1-2-4-9(8)14-12-10(7-13)5-6-10/h9-12,15H,5-8H2,1-4H3;1-4,7,12H,5-6H2. The summed E-state index contributed by atoms with van der Waals surface area (Å²) in [6.45, 7) is 4.42. The number of carbonyl (C=O) groups is 2. The topological polar surface area (TPSA) is 67.4 Å². The number of esters is 1. The van der Waals surface area contributed by atoms with Gasteiger partial charge in [-0.15, -0.1) is 0 Å². The zero-order valence-corrected chi connectivity index (χ0v) is 21.4. The Hall–Kier alpha value is -0.890. The number of fused-ring (bicyclic) bond motifs is 2. The Balaban J connectivity index is 0.000000179. The molecule has 5 nitrogen and oxygen atoms in total. The van der Waals surface area contributed by atoms with E-state index in [1.807, 2.05) is 31.3 Å². The lowest BCUT2D eigenvalue weighted by atomic mass is 9.58. The lowest BCUT2D eigenvalue weighted by Crippen LogP contribution is -2.51. The van der Waals surface area contributed by atoms with Crippen LogP contribution in [0, 0.1) is 23.2 Å². The fraction of sp³-hybridized carbons (Fsp3) is 0.667. The summed E-state index contributed by atoms with van der Waals surface area (Å²) in [5, 5.41) is 3.45. The van der Waals surface area contributed by atoms with Gasteiger partial charge in [-0.1, -0.05) is 19.1 Å². The van der Waals surface area contributed by atoms with Crippen LogP contribution in [0.3, 0.4) is 0 Å². The third-order valence-electron chi connectivity index (χ3n) is 7.14. The maximum Gasteiger partial charge on any atom is 0.311 e. The van der Waals surface area contributed by atoms with Crippen LogP contribution in [-0.4, -0.2) is 38.0 Å². The number of ether oxygens (including phenoxy) is 1. The minimum Gasteiger partial charge on any atom is -0.469 e. The van der Waals surface area contributed by atoms with Crippen LogP contribution in [0.2, 0.25) is 0 Å². The zero-order valence-electron chi connectivity index (χ0n) is 18.9. The van der Waals surface area contributed by atoms with Gasteiger partial charge in [0.15, 0.2) is 0 Å². The first-order valence-corrected chi connectivity index (χ1v) is 12.8. The van der Waals surface area contributed by atoms with E-state index in [1.54, 1.807) is 0 Å². The molecule has 2 bridgehead atoms. The fourth-order valence-corrected chi connectivity index (χ4v) is 6.89. The zero-order chi connectivity index (χ0) is 22.6. The number of benzene rings is 1. The maximum absolute atomic E-state index is 12.0. The van der Waals surface area contributed by atoms with Crippen molar-refractivity contribution in [2.24, 2.45) is 23.2 Å². The molecule has 31 heavy (non-hydrogen) atoms. The summed E-state index contributed by atoms with van der Waals surface area (Å²) < 4.78 is 9.24. The Morgan fingerprint density at radius 3 is 2.55 bits per heavy atom. The van der Waals surface area contributed by atoms with E-state index in [9.17, 15) is 9.59 Å². The normalized spacial score (nSPS) is 32.9. The molecule has 1 aromatic rings. The third kappa shape index (κ3) is 5.92. The maximum atomic E-state index is 12.0. The van der Waals surface area contributed by atoms with Crippen molar-refractivity contribution in [2.45, 2.75) is 68.8 Å². The Bertz CT molecular complexity index is 786. The lowest BCUT2D eigenvalue weighted by molar-refractivity contribution is -0.158. The second-order valence-corrected chi connectivity index (χ2v) is 11.5. The highest BCUT2D eigenvalue weighted by molar-refractivity contribution is 9.10. The summed E-state index contributed by atoms with van der Waals surface area (Å²) in [6, 6.07) is 8.53. The second-order valence-electron chi connectivity index (χ2n) is 9.76. The molecule has 172 valence electrons. The first-order chi connectivity index (χ1) is 14.8. The average Bonchev–Trinajstić information content (AvgIpc) is 3.53. The first kappa shape index (κ1) is 24.7. The van der Waals surface area contributed by atoms with E-state index < -0.39 is 0 Å². The molecule has 3 fully saturated rings. The van der Waals surface area contributed by atoms with Crippen LogP contribution in [0.5, 0.6) is 0 Å². The molecule has 7 heteroatoms. The van der Waals surface area contributed by atoms with Crippen LogP contribution in [0.4, 0.5) is 0 Å². The quantitative estimate of drug-likeness (QED) is 0.319. The Morgan fingerprint density at radius 1 is 1.26 bits per heavy atom. The number of aldehydes is 1. The van der Waals surface area contributed by atoms with Gasteiger partial charge in [0, 0.05) is 15.4 Å². The SMILES string of the molecule is CNC1C(C)CC2CC1CC(C)(C(=O)OC)C2.O=CC1(NSc2ccccc2Br)CC1. The van der Waals surface area contributed by atoms with Crippen molar-refractivity contribution in [3.8, 4) is 0 Å². The van der Waals surface area contributed by atoms with Crippen molar-refractivity contribution in [1.29, 1.82) is 0 Å². The summed E-state index contributed by atoms with van der Waals surface area (Å²) >= 11 is 4.97. The van der Waals surface area contributed by atoms with Crippen LogP contribution in [0.25, 0.3) is 0 Å². The summed E-state index contributed by atoms with van der Waals surface area (Å²) in [4.78, 5) is 23.8. The summed E-state index contributed by atoms with van der Waals surface area (Å²) in [5.41, 5.74) is -0.502. The predicted octanol–water partition coefficient (Wildman–Crippen LogP) is 4.99. The molecule has 0 aromatic heterocycles. The van der Waals surface area contributed by atoms with Gasteiger partial charge in [0.1, 0.15) is 6.29 Å². The van der Waals surface area contributed by atoms with Gasteiger partial charge < -0.3 is 14.8 Å². The number of carbonyl (C=O) groups excluding carboxylic acids is 2. The van der Waals surface area contributed by atoms with Crippen LogP contribution in [-0.2, 0) is 14.3 Å². The predicted molar refractivity (Wildman–Crippen MR) is 129 cm³/mol. The van der Waals surface area contributed by atoms with Crippen molar-refractivity contribution >= 4 is 40.1 Å². The second kappa shape index (κ2) is 10.4. The Kier molecular flexibility index (Phi) is 8.27. The molecule has 3 aliphatic carbocycles. The van der Waals surface area contributed by atoms with Gasteiger partial charge in [-0.2, -0.15) is 0 Å². The smallest absolute Gasteiger partial charge is 0.311 e. The highest BCUT2D eigenvalue weighted by Gasteiger charge is 2.49. The number of halogens is 1. The molecule has 3 aliphatic rings. The van der Waals surface area contributed by atoms with Gasteiger partial charge >= 0.3 is 5.97 Å². The van der Waals surface area contributed by atoms with Crippen LogP contribution in [0.15, 0.2) is 33.6 Å². The molecular formula is C24H35BrN2O3S. The first-order valence-electron chi connectivity index (χ1n) is 11.2. The minimum atomic E-state index is -0.252. The molecule has 5 atom stereocenters. The van der Waals surface area contributed by atoms with Crippen LogP contribution in [0.1, 0.15) is 52.4 Å². The summed E-state index contributed by atoms with van der Waals surface area (Å²) in [5.74, 6) is 2.05.